The predicted octanol–water partition coefficient (Wildman–Crippen LogP) is 9.37. The van der Waals surface area contributed by atoms with Gasteiger partial charge in [0.05, 0.1) is 23.7 Å². The quantitative estimate of drug-likeness (QED) is 0.0939. The number of esters is 2. The summed E-state index contributed by atoms with van der Waals surface area (Å²) in [6.45, 7) is 15.2. The molecule has 1 saturated heterocycles. The lowest BCUT2D eigenvalue weighted by Gasteiger charge is -2.39. The van der Waals surface area contributed by atoms with Crippen LogP contribution >= 0.6 is 0 Å². The first-order valence-corrected chi connectivity index (χ1v) is 19.6. The lowest BCUT2D eigenvalue weighted by molar-refractivity contribution is -0.214. The summed E-state index contributed by atoms with van der Waals surface area (Å²) in [5.74, 6) is 0.0139. The van der Waals surface area contributed by atoms with E-state index >= 15 is 0 Å². The van der Waals surface area contributed by atoms with Gasteiger partial charge in [0, 0.05) is 0 Å². The number of carbonyl (C=O) groups is 2. The van der Waals surface area contributed by atoms with Crippen LogP contribution in [0.2, 0.25) is 18.1 Å². The van der Waals surface area contributed by atoms with E-state index in [9.17, 15) is 9.59 Å². The lowest BCUT2D eigenvalue weighted by atomic mass is 9.96. The van der Waals surface area contributed by atoms with Gasteiger partial charge in [-0.2, -0.15) is 0 Å². The maximum atomic E-state index is 13.1. The Morgan fingerprint density at radius 2 is 1.33 bits per heavy atom. The molecule has 4 atom stereocenters. The van der Waals surface area contributed by atoms with E-state index in [0.29, 0.717) is 16.9 Å². The molecule has 0 aliphatic carbocycles. The Balaban J connectivity index is 1.26. The highest BCUT2D eigenvalue weighted by Crippen LogP contribution is 2.38. The van der Waals surface area contributed by atoms with Gasteiger partial charge in [-0.15, -0.1) is 0 Å². The third kappa shape index (κ3) is 9.28. The van der Waals surface area contributed by atoms with Crippen molar-refractivity contribution < 1.29 is 33.0 Å². The van der Waals surface area contributed by atoms with E-state index in [1.54, 1.807) is 48.5 Å². The molecule has 7 nitrogen and oxygen atoms in total. The zero-order valence-corrected chi connectivity index (χ0v) is 30.3. The Labute approximate surface area is 291 Å². The molecule has 5 rings (SSSR count). The average Bonchev–Trinajstić information content (AvgIpc) is 3.07. The highest BCUT2D eigenvalue weighted by molar-refractivity contribution is 6.74. The first-order valence-electron chi connectivity index (χ1n) is 16.7. The summed E-state index contributed by atoms with van der Waals surface area (Å²) < 4.78 is 30.7. The van der Waals surface area contributed by atoms with Gasteiger partial charge in [-0.3, -0.25) is 0 Å². The van der Waals surface area contributed by atoms with E-state index in [2.05, 4.69) is 71.1 Å². The molecular weight excluding hydrogens is 633 g/mol. The number of rotatable bonds is 10. The second-order valence-electron chi connectivity index (χ2n) is 14.1. The zero-order chi connectivity index (χ0) is 35.2. The molecule has 1 unspecified atom stereocenters. The van der Waals surface area contributed by atoms with Crippen molar-refractivity contribution in [1.82, 2.24) is 0 Å². The van der Waals surface area contributed by atoms with Crippen molar-refractivity contribution in [1.29, 1.82) is 0 Å². The zero-order valence-electron chi connectivity index (χ0n) is 29.3. The van der Waals surface area contributed by atoms with Gasteiger partial charge in [0.1, 0.15) is 17.6 Å². The molecule has 8 heteroatoms. The largest absolute Gasteiger partial charge is 0.543 e. The normalized spacial score (nSPS) is 19.7. The molecule has 1 aliphatic heterocycles. The number of ether oxygens (including phenoxy) is 4. The Morgan fingerprint density at radius 3 is 1.92 bits per heavy atom. The molecule has 0 N–H and O–H groups in total. The summed E-state index contributed by atoms with van der Waals surface area (Å²) in [4.78, 5) is 26.0. The molecule has 0 bridgehead atoms. The van der Waals surface area contributed by atoms with Crippen LogP contribution in [0.5, 0.6) is 11.5 Å². The Kier molecular flexibility index (Phi) is 11.1. The second kappa shape index (κ2) is 15.3. The molecule has 0 saturated carbocycles. The summed E-state index contributed by atoms with van der Waals surface area (Å²) >= 11 is 0. The smallest absolute Gasteiger partial charge is 0.338 e. The third-order valence-corrected chi connectivity index (χ3v) is 13.5. The minimum Gasteiger partial charge on any atom is -0.543 e. The van der Waals surface area contributed by atoms with Gasteiger partial charge in [-0.1, -0.05) is 94.4 Å². The maximum Gasteiger partial charge on any atom is 0.338 e. The summed E-state index contributed by atoms with van der Waals surface area (Å²) in [5.41, 5.74) is 4.02. The van der Waals surface area contributed by atoms with Crippen molar-refractivity contribution in [2.45, 2.75) is 71.2 Å². The van der Waals surface area contributed by atoms with Gasteiger partial charge in [0.15, 0.2) is 6.10 Å². The summed E-state index contributed by atoms with van der Waals surface area (Å²) in [5, 5.41) is 0.113. The summed E-state index contributed by atoms with van der Waals surface area (Å²) in [7, 11) is -1.96. The SMILES string of the molecule is Cc1cc(/C=C/c2ccc(OC3OC[C@@H](OC(=O)c4ccccc4)[C@H](OC(=O)c4ccccc4)[C@H]3C)cc2)cc(O[Si](C)(C)C(C)(C)C)c1. The van der Waals surface area contributed by atoms with Gasteiger partial charge >= 0.3 is 11.9 Å². The van der Waals surface area contributed by atoms with Crippen LogP contribution < -0.4 is 9.16 Å². The van der Waals surface area contributed by atoms with Crippen molar-refractivity contribution in [2.75, 3.05) is 6.61 Å². The van der Waals surface area contributed by atoms with Crippen molar-refractivity contribution in [3.05, 3.63) is 131 Å². The van der Waals surface area contributed by atoms with Gasteiger partial charge in [-0.25, -0.2) is 9.59 Å². The Morgan fingerprint density at radius 1 is 0.755 bits per heavy atom. The molecule has 0 aromatic heterocycles. The molecule has 49 heavy (non-hydrogen) atoms. The number of aryl methyl sites for hydroxylation is 1. The molecule has 1 aliphatic rings. The van der Waals surface area contributed by atoms with Crippen LogP contribution in [0.25, 0.3) is 12.2 Å². The van der Waals surface area contributed by atoms with Crippen LogP contribution in [0.3, 0.4) is 0 Å². The fourth-order valence-corrected chi connectivity index (χ4v) is 6.28. The monoisotopic (exact) mass is 678 g/mol. The van der Waals surface area contributed by atoms with Crippen molar-refractivity contribution in [3.8, 4) is 11.5 Å². The molecule has 0 amide bonds. The van der Waals surface area contributed by atoms with Crippen molar-refractivity contribution in [2.24, 2.45) is 5.92 Å². The number of hydrogen-bond donors (Lipinski definition) is 0. The van der Waals surface area contributed by atoms with E-state index in [1.165, 1.54) is 0 Å². The van der Waals surface area contributed by atoms with E-state index < -0.39 is 44.7 Å². The van der Waals surface area contributed by atoms with Gasteiger partial charge in [0.25, 0.3) is 0 Å². The number of hydrogen-bond acceptors (Lipinski definition) is 7. The first kappa shape index (κ1) is 35.6. The molecular formula is C41H46O7Si. The van der Waals surface area contributed by atoms with Crippen LogP contribution in [0.15, 0.2) is 103 Å². The second-order valence-corrected chi connectivity index (χ2v) is 18.8. The van der Waals surface area contributed by atoms with E-state index in [4.69, 9.17) is 23.4 Å². The van der Waals surface area contributed by atoms with Crippen molar-refractivity contribution in [3.63, 3.8) is 0 Å². The topological polar surface area (TPSA) is 80.3 Å². The van der Waals surface area contributed by atoms with Crippen LogP contribution in [-0.4, -0.2) is 45.4 Å². The first-order chi connectivity index (χ1) is 23.3. The number of carbonyl (C=O) groups excluding carboxylic acids is 2. The predicted molar refractivity (Wildman–Crippen MR) is 195 cm³/mol. The standard InChI is InChI=1S/C41H46O7Si/c1-28-24-31(26-35(25-28)48-49(6,7)41(3,4)5)19-18-30-20-22-34(23-21-30)45-40-29(2)37(47-39(43)33-16-12-9-13-17-33)36(27-44-40)46-38(42)32-14-10-8-11-15-32/h8-26,29,36-37,40H,27H2,1-7H3/b19-18+/t29-,36-,37-,40?/m1/s1. The van der Waals surface area contributed by atoms with Crippen LogP contribution in [-0.2, 0) is 14.2 Å². The van der Waals surface area contributed by atoms with Crippen LogP contribution in [0.1, 0.15) is 65.1 Å². The Hall–Kier alpha value is -4.66. The lowest BCUT2D eigenvalue weighted by Crippen LogP contribution is -2.53. The maximum absolute atomic E-state index is 13.1. The molecule has 256 valence electrons. The Bertz CT molecular complexity index is 1740. The van der Waals surface area contributed by atoms with E-state index in [1.807, 2.05) is 43.3 Å². The summed E-state index contributed by atoms with van der Waals surface area (Å²) in [6, 6.07) is 31.5. The summed E-state index contributed by atoms with van der Waals surface area (Å²) in [6.07, 6.45) is 1.77. The van der Waals surface area contributed by atoms with Crippen LogP contribution in [0, 0.1) is 12.8 Å². The van der Waals surface area contributed by atoms with Gasteiger partial charge in [0.2, 0.25) is 14.6 Å². The van der Waals surface area contributed by atoms with Gasteiger partial charge < -0.3 is 23.4 Å². The minimum atomic E-state index is -1.96. The number of benzene rings is 4. The molecule has 0 radical (unpaired) electrons. The van der Waals surface area contributed by atoms with Gasteiger partial charge in [-0.05, 0) is 90.3 Å². The fourth-order valence-electron chi connectivity index (χ4n) is 5.26. The van der Waals surface area contributed by atoms with E-state index in [-0.39, 0.29) is 11.6 Å². The molecule has 1 heterocycles. The minimum absolute atomic E-state index is 0.00123. The fraction of sp³-hybridized carbons (Fsp3) is 0.317. The third-order valence-electron chi connectivity index (χ3n) is 9.11. The van der Waals surface area contributed by atoms with E-state index in [0.717, 1.165) is 22.4 Å². The molecule has 4 aromatic carbocycles. The molecule has 0 spiro atoms. The average molecular weight is 679 g/mol. The molecule has 1 fully saturated rings. The highest BCUT2D eigenvalue weighted by Gasteiger charge is 2.44. The molecule has 4 aromatic rings. The highest BCUT2D eigenvalue weighted by atomic mass is 28.4. The van der Waals surface area contributed by atoms with Crippen molar-refractivity contribution >= 4 is 32.4 Å². The van der Waals surface area contributed by atoms with Crippen LogP contribution in [0.4, 0.5) is 0 Å².